The molecular weight excluding hydrogens is 481 g/mol. The number of benzene rings is 1. The van der Waals surface area contributed by atoms with E-state index in [0.29, 0.717) is 19.5 Å². The third-order valence-electron chi connectivity index (χ3n) is 4.59. The van der Waals surface area contributed by atoms with E-state index in [2.05, 4.69) is 35.4 Å². The summed E-state index contributed by atoms with van der Waals surface area (Å²) in [6.45, 7) is 4.44. The Bertz CT molecular complexity index is 765. The van der Waals surface area contributed by atoms with Crippen molar-refractivity contribution >= 4 is 41.8 Å². The Hall–Kier alpha value is -2.43. The zero-order valence-corrected chi connectivity index (χ0v) is 19.0. The molecule has 3 rings (SSSR count). The van der Waals surface area contributed by atoms with E-state index in [4.69, 9.17) is 0 Å². The molecule has 1 aliphatic heterocycles. The minimum atomic E-state index is 0. The lowest BCUT2D eigenvalue weighted by Gasteiger charge is -2.36. The van der Waals surface area contributed by atoms with Crippen molar-refractivity contribution in [3.63, 3.8) is 0 Å². The number of carbonyl (C=O) groups is 1. The number of piperazine rings is 1. The number of carbonyl (C=O) groups excluding carboxylic acids is 1. The molecule has 1 aromatic heterocycles. The molecule has 2 aromatic rings. The summed E-state index contributed by atoms with van der Waals surface area (Å²) in [6.07, 6.45) is 3.93. The highest BCUT2D eigenvalue weighted by Gasteiger charge is 2.21. The van der Waals surface area contributed by atoms with Crippen LogP contribution in [0.5, 0.6) is 0 Å². The average Bonchev–Trinajstić information content (AvgIpc) is 2.77. The zero-order chi connectivity index (χ0) is 19.6. The van der Waals surface area contributed by atoms with Gasteiger partial charge < -0.3 is 20.4 Å². The molecule has 8 nitrogen and oxygen atoms in total. The summed E-state index contributed by atoms with van der Waals surface area (Å²) < 4.78 is 0. The Morgan fingerprint density at radius 2 is 1.72 bits per heavy atom. The number of hydrogen-bond donors (Lipinski definition) is 2. The van der Waals surface area contributed by atoms with Crippen LogP contribution in [-0.2, 0) is 11.3 Å². The van der Waals surface area contributed by atoms with Gasteiger partial charge in [-0.1, -0.05) is 30.3 Å². The summed E-state index contributed by atoms with van der Waals surface area (Å²) in [6, 6.07) is 11.7. The number of aromatic nitrogens is 2. The predicted molar refractivity (Wildman–Crippen MR) is 126 cm³/mol. The van der Waals surface area contributed by atoms with Crippen LogP contribution in [0.25, 0.3) is 0 Å². The first-order valence-corrected chi connectivity index (χ1v) is 9.54. The summed E-state index contributed by atoms with van der Waals surface area (Å²) in [7, 11) is 1.77. The summed E-state index contributed by atoms with van der Waals surface area (Å²) in [5, 5.41) is 6.23. The maximum Gasteiger partial charge on any atom is 0.225 e. The molecule has 9 heteroatoms. The topological polar surface area (TPSA) is 85.8 Å². The highest BCUT2D eigenvalue weighted by atomic mass is 127. The van der Waals surface area contributed by atoms with E-state index in [0.717, 1.165) is 43.7 Å². The molecule has 0 unspecified atom stereocenters. The molecule has 0 atom stereocenters. The lowest BCUT2D eigenvalue weighted by Crippen LogP contribution is -2.53. The second kappa shape index (κ2) is 12.2. The fourth-order valence-corrected chi connectivity index (χ4v) is 3.08. The first-order valence-electron chi connectivity index (χ1n) is 9.54. The third-order valence-corrected chi connectivity index (χ3v) is 4.59. The zero-order valence-electron chi connectivity index (χ0n) is 16.6. The lowest BCUT2D eigenvalue weighted by atomic mass is 10.2. The van der Waals surface area contributed by atoms with E-state index < -0.39 is 0 Å². The van der Waals surface area contributed by atoms with Gasteiger partial charge in [-0.3, -0.25) is 9.79 Å². The van der Waals surface area contributed by atoms with Crippen LogP contribution >= 0.6 is 24.0 Å². The maximum atomic E-state index is 12.0. The Morgan fingerprint density at radius 3 is 2.38 bits per heavy atom. The molecule has 2 N–H and O–H groups in total. The first kappa shape index (κ1) is 22.9. The van der Waals surface area contributed by atoms with E-state index in [9.17, 15) is 4.79 Å². The molecule has 2 heterocycles. The number of aliphatic imine (C=N–C) groups is 1. The van der Waals surface area contributed by atoms with Gasteiger partial charge in [0.15, 0.2) is 5.96 Å². The second-order valence-electron chi connectivity index (χ2n) is 6.51. The van der Waals surface area contributed by atoms with Gasteiger partial charge in [-0.25, -0.2) is 9.97 Å². The van der Waals surface area contributed by atoms with Crippen molar-refractivity contribution in [3.05, 3.63) is 54.4 Å². The highest BCUT2D eigenvalue weighted by Crippen LogP contribution is 2.09. The number of rotatable bonds is 6. The monoisotopic (exact) mass is 509 g/mol. The number of anilines is 1. The molecule has 29 heavy (non-hydrogen) atoms. The maximum absolute atomic E-state index is 12.0. The van der Waals surface area contributed by atoms with Gasteiger partial charge in [-0.2, -0.15) is 0 Å². The van der Waals surface area contributed by atoms with Crippen molar-refractivity contribution in [2.75, 3.05) is 44.7 Å². The van der Waals surface area contributed by atoms with Crippen LogP contribution in [-0.4, -0.2) is 66.5 Å². The largest absolute Gasteiger partial charge is 0.356 e. The summed E-state index contributed by atoms with van der Waals surface area (Å²) in [4.78, 5) is 29.4. The number of nitrogens with zero attached hydrogens (tertiary/aromatic N) is 5. The van der Waals surface area contributed by atoms with Gasteiger partial charge in [0, 0.05) is 65.1 Å². The molecule has 0 radical (unpaired) electrons. The fourth-order valence-electron chi connectivity index (χ4n) is 3.08. The molecule has 1 aromatic carbocycles. The van der Waals surface area contributed by atoms with Crippen LogP contribution in [0.1, 0.15) is 12.0 Å². The summed E-state index contributed by atoms with van der Waals surface area (Å²) >= 11 is 0. The number of amides is 1. The Kier molecular flexibility index (Phi) is 9.62. The number of nitrogens with one attached hydrogen (secondary N) is 2. The van der Waals surface area contributed by atoms with Crippen LogP contribution in [0.3, 0.4) is 0 Å². The van der Waals surface area contributed by atoms with E-state index in [1.54, 1.807) is 19.4 Å². The standard InChI is InChI=1S/C20H27N7O.HI/c1-21-19(24-11-8-18(28)25-16-17-6-3-2-4-7-17)26-12-14-27(15-13-26)20-22-9-5-10-23-20;/h2-7,9-10H,8,11-16H2,1H3,(H,21,24)(H,25,28);1H. The molecule has 0 saturated carbocycles. The summed E-state index contributed by atoms with van der Waals surface area (Å²) in [5.41, 5.74) is 1.10. The molecule has 156 valence electrons. The van der Waals surface area contributed by atoms with Gasteiger partial charge in [0.05, 0.1) is 0 Å². The predicted octanol–water partition coefficient (Wildman–Crippen LogP) is 1.50. The minimum Gasteiger partial charge on any atom is -0.356 e. The smallest absolute Gasteiger partial charge is 0.225 e. The highest BCUT2D eigenvalue weighted by molar-refractivity contribution is 14.0. The molecule has 0 spiro atoms. The van der Waals surface area contributed by atoms with Crippen molar-refractivity contribution in [3.8, 4) is 0 Å². The molecule has 0 bridgehead atoms. The van der Waals surface area contributed by atoms with Crippen LogP contribution < -0.4 is 15.5 Å². The Balaban J connectivity index is 0.00000300. The third kappa shape index (κ3) is 7.15. The van der Waals surface area contributed by atoms with Crippen molar-refractivity contribution in [1.82, 2.24) is 25.5 Å². The van der Waals surface area contributed by atoms with Crippen molar-refractivity contribution in [1.29, 1.82) is 0 Å². The fraction of sp³-hybridized carbons (Fsp3) is 0.400. The van der Waals surface area contributed by atoms with Crippen molar-refractivity contribution in [2.24, 2.45) is 4.99 Å². The molecule has 1 amide bonds. The normalized spacial score (nSPS) is 14.2. The molecule has 1 fully saturated rings. The minimum absolute atomic E-state index is 0. The molecular formula is C20H28IN7O. The van der Waals surface area contributed by atoms with Gasteiger partial charge >= 0.3 is 0 Å². The Labute approximate surface area is 188 Å². The van der Waals surface area contributed by atoms with E-state index >= 15 is 0 Å². The Morgan fingerprint density at radius 1 is 1.03 bits per heavy atom. The van der Waals surface area contributed by atoms with Gasteiger partial charge in [-0.05, 0) is 11.6 Å². The molecule has 0 aliphatic carbocycles. The number of hydrogen-bond acceptors (Lipinski definition) is 5. The van der Waals surface area contributed by atoms with E-state index in [1.807, 2.05) is 36.4 Å². The first-order chi connectivity index (χ1) is 13.8. The van der Waals surface area contributed by atoms with Gasteiger partial charge in [-0.15, -0.1) is 24.0 Å². The van der Waals surface area contributed by atoms with Crippen molar-refractivity contribution < 1.29 is 4.79 Å². The lowest BCUT2D eigenvalue weighted by molar-refractivity contribution is -0.121. The van der Waals surface area contributed by atoms with Crippen molar-refractivity contribution in [2.45, 2.75) is 13.0 Å². The van der Waals surface area contributed by atoms with E-state index in [1.165, 1.54) is 0 Å². The van der Waals surface area contributed by atoms with E-state index in [-0.39, 0.29) is 29.9 Å². The van der Waals surface area contributed by atoms with Crippen LogP contribution in [0, 0.1) is 0 Å². The number of halogens is 1. The average molecular weight is 509 g/mol. The molecule has 1 aliphatic rings. The second-order valence-corrected chi connectivity index (χ2v) is 6.51. The van der Waals surface area contributed by atoms with Crippen LogP contribution in [0.4, 0.5) is 5.95 Å². The van der Waals surface area contributed by atoms with Gasteiger partial charge in [0.1, 0.15) is 0 Å². The van der Waals surface area contributed by atoms with Crippen LogP contribution in [0.15, 0.2) is 53.8 Å². The van der Waals surface area contributed by atoms with Gasteiger partial charge in [0.25, 0.3) is 0 Å². The number of guanidine groups is 1. The van der Waals surface area contributed by atoms with Gasteiger partial charge in [0.2, 0.25) is 11.9 Å². The van der Waals surface area contributed by atoms with Crippen LogP contribution in [0.2, 0.25) is 0 Å². The molecule has 1 saturated heterocycles. The SMILES string of the molecule is CN=C(NCCC(=O)NCc1ccccc1)N1CCN(c2ncccn2)CC1.I. The summed E-state index contributed by atoms with van der Waals surface area (Å²) in [5.74, 6) is 1.61. The quantitative estimate of drug-likeness (QED) is 0.349.